The van der Waals surface area contributed by atoms with Gasteiger partial charge in [0.05, 0.1) is 14.2 Å². The van der Waals surface area contributed by atoms with E-state index >= 15 is 0 Å². The Balaban J connectivity index is 1.62. The number of benzene rings is 1. The van der Waals surface area contributed by atoms with Gasteiger partial charge < -0.3 is 19.1 Å². The Morgan fingerprint density at radius 3 is 2.36 bits per heavy atom. The van der Waals surface area contributed by atoms with Crippen LogP contribution in [0.2, 0.25) is 0 Å². The number of piperidine rings is 1. The minimum absolute atomic E-state index is 0.0299. The molecule has 0 aliphatic carbocycles. The van der Waals surface area contributed by atoms with Crippen LogP contribution in [0, 0.1) is 0 Å². The quantitative estimate of drug-likeness (QED) is 0.828. The number of likely N-dealkylation sites (tertiary alicyclic amines) is 1. The number of methoxy groups -OCH3 is 2. The van der Waals surface area contributed by atoms with Crippen LogP contribution < -0.4 is 14.2 Å². The van der Waals surface area contributed by atoms with Gasteiger partial charge in [-0.2, -0.15) is 0 Å². The Morgan fingerprint density at radius 2 is 1.80 bits per heavy atom. The van der Waals surface area contributed by atoms with Crippen LogP contribution in [-0.2, 0) is 0 Å². The first-order valence-corrected chi connectivity index (χ1v) is 8.14. The average molecular weight is 343 g/mol. The van der Waals surface area contributed by atoms with Crippen molar-refractivity contribution < 1.29 is 19.0 Å². The van der Waals surface area contributed by atoms with Crippen LogP contribution in [0.4, 0.5) is 0 Å². The van der Waals surface area contributed by atoms with Crippen molar-refractivity contribution in [1.29, 1.82) is 0 Å². The molecule has 2 heterocycles. The number of amides is 1. The summed E-state index contributed by atoms with van der Waals surface area (Å²) >= 11 is 0. The molecule has 1 saturated heterocycles. The maximum absolute atomic E-state index is 12.8. The molecular formula is C18H21N3O4. The minimum atomic E-state index is -0.0299. The minimum Gasteiger partial charge on any atom is -0.497 e. The molecule has 0 N–H and O–H groups in total. The molecule has 3 rings (SSSR count). The van der Waals surface area contributed by atoms with Crippen molar-refractivity contribution in [3.63, 3.8) is 0 Å². The summed E-state index contributed by atoms with van der Waals surface area (Å²) in [7, 11) is 3.14. The SMILES string of the molecule is COc1cc(OC)cc(C(=O)N2CCC(Oc3ccncn3)CC2)c1. The summed E-state index contributed by atoms with van der Waals surface area (Å²) in [6.07, 6.45) is 4.69. The fraction of sp³-hybridized carbons (Fsp3) is 0.389. The monoisotopic (exact) mass is 343 g/mol. The highest BCUT2D eigenvalue weighted by atomic mass is 16.5. The first kappa shape index (κ1) is 17.0. The van der Waals surface area contributed by atoms with Gasteiger partial charge in [-0.1, -0.05) is 0 Å². The third kappa shape index (κ3) is 4.17. The Kier molecular flexibility index (Phi) is 5.33. The summed E-state index contributed by atoms with van der Waals surface area (Å²) in [4.78, 5) is 22.5. The second-order valence-electron chi connectivity index (χ2n) is 5.76. The number of rotatable bonds is 5. The van der Waals surface area contributed by atoms with E-state index in [-0.39, 0.29) is 12.0 Å². The van der Waals surface area contributed by atoms with Gasteiger partial charge in [0, 0.05) is 49.8 Å². The molecule has 1 aliphatic rings. The van der Waals surface area contributed by atoms with Crippen molar-refractivity contribution in [2.45, 2.75) is 18.9 Å². The van der Waals surface area contributed by atoms with E-state index in [1.165, 1.54) is 6.33 Å². The van der Waals surface area contributed by atoms with E-state index in [1.54, 1.807) is 44.7 Å². The fourth-order valence-corrected chi connectivity index (χ4v) is 2.81. The van der Waals surface area contributed by atoms with Crippen molar-refractivity contribution in [3.8, 4) is 17.4 Å². The lowest BCUT2D eigenvalue weighted by Crippen LogP contribution is -2.41. The molecule has 7 heteroatoms. The zero-order valence-electron chi connectivity index (χ0n) is 14.3. The van der Waals surface area contributed by atoms with Crippen LogP contribution in [0.3, 0.4) is 0 Å². The molecule has 1 aromatic heterocycles. The van der Waals surface area contributed by atoms with Crippen LogP contribution >= 0.6 is 0 Å². The lowest BCUT2D eigenvalue weighted by atomic mass is 10.1. The number of ether oxygens (including phenoxy) is 3. The van der Waals surface area contributed by atoms with E-state index in [9.17, 15) is 4.79 Å². The van der Waals surface area contributed by atoms with Crippen molar-refractivity contribution in [2.75, 3.05) is 27.3 Å². The molecule has 2 aromatic rings. The van der Waals surface area contributed by atoms with E-state index in [0.29, 0.717) is 36.0 Å². The van der Waals surface area contributed by atoms with Crippen molar-refractivity contribution in [3.05, 3.63) is 42.4 Å². The summed E-state index contributed by atoms with van der Waals surface area (Å²) < 4.78 is 16.3. The molecule has 25 heavy (non-hydrogen) atoms. The predicted molar refractivity (Wildman–Crippen MR) is 91.1 cm³/mol. The topological polar surface area (TPSA) is 73.8 Å². The van der Waals surface area contributed by atoms with Crippen molar-refractivity contribution in [2.24, 2.45) is 0 Å². The summed E-state index contributed by atoms with van der Waals surface area (Å²) in [6.45, 7) is 1.27. The van der Waals surface area contributed by atoms with Gasteiger partial charge >= 0.3 is 0 Å². The van der Waals surface area contributed by atoms with E-state index in [4.69, 9.17) is 14.2 Å². The van der Waals surface area contributed by atoms with Crippen molar-refractivity contribution >= 4 is 5.91 Å². The van der Waals surface area contributed by atoms with Gasteiger partial charge in [-0.3, -0.25) is 4.79 Å². The lowest BCUT2D eigenvalue weighted by Gasteiger charge is -2.32. The summed E-state index contributed by atoms with van der Waals surface area (Å²) in [5.74, 6) is 1.74. The molecular weight excluding hydrogens is 322 g/mol. The highest BCUT2D eigenvalue weighted by Gasteiger charge is 2.25. The molecule has 7 nitrogen and oxygen atoms in total. The van der Waals surface area contributed by atoms with Crippen LogP contribution in [0.25, 0.3) is 0 Å². The van der Waals surface area contributed by atoms with Gasteiger partial charge in [0.15, 0.2) is 0 Å². The van der Waals surface area contributed by atoms with E-state index < -0.39 is 0 Å². The van der Waals surface area contributed by atoms with Gasteiger partial charge in [0.25, 0.3) is 5.91 Å². The molecule has 0 saturated carbocycles. The maximum atomic E-state index is 12.8. The van der Waals surface area contributed by atoms with E-state index in [2.05, 4.69) is 9.97 Å². The second kappa shape index (κ2) is 7.83. The van der Waals surface area contributed by atoms with Crippen LogP contribution in [-0.4, -0.2) is 54.2 Å². The van der Waals surface area contributed by atoms with Crippen LogP contribution in [0.5, 0.6) is 17.4 Å². The smallest absolute Gasteiger partial charge is 0.254 e. The van der Waals surface area contributed by atoms with Gasteiger partial charge in [0.1, 0.15) is 23.9 Å². The second-order valence-corrected chi connectivity index (χ2v) is 5.76. The number of hydrogen-bond donors (Lipinski definition) is 0. The number of hydrogen-bond acceptors (Lipinski definition) is 6. The maximum Gasteiger partial charge on any atom is 0.254 e. The zero-order chi connectivity index (χ0) is 17.6. The molecule has 1 amide bonds. The van der Waals surface area contributed by atoms with Crippen LogP contribution in [0.1, 0.15) is 23.2 Å². The number of carbonyl (C=O) groups is 1. The third-order valence-corrected chi connectivity index (χ3v) is 4.17. The summed E-state index contributed by atoms with van der Waals surface area (Å²) in [6, 6.07) is 6.95. The molecule has 132 valence electrons. The number of aromatic nitrogens is 2. The highest BCUT2D eigenvalue weighted by Crippen LogP contribution is 2.25. The first-order valence-electron chi connectivity index (χ1n) is 8.14. The van der Waals surface area contributed by atoms with Gasteiger partial charge in [0.2, 0.25) is 5.88 Å². The molecule has 0 spiro atoms. The average Bonchev–Trinajstić information content (AvgIpc) is 2.68. The molecule has 0 radical (unpaired) electrons. The molecule has 1 aliphatic heterocycles. The first-order chi connectivity index (χ1) is 12.2. The van der Waals surface area contributed by atoms with Crippen molar-refractivity contribution in [1.82, 2.24) is 14.9 Å². The van der Waals surface area contributed by atoms with Gasteiger partial charge in [-0.05, 0) is 12.1 Å². The Labute approximate surface area is 146 Å². The Hall–Kier alpha value is -2.83. The highest BCUT2D eigenvalue weighted by molar-refractivity contribution is 5.95. The Bertz CT molecular complexity index is 693. The molecule has 0 bridgehead atoms. The molecule has 0 unspecified atom stereocenters. The molecule has 0 atom stereocenters. The normalized spacial score (nSPS) is 14.9. The molecule has 1 fully saturated rings. The fourth-order valence-electron chi connectivity index (χ4n) is 2.81. The largest absolute Gasteiger partial charge is 0.497 e. The van der Waals surface area contributed by atoms with Gasteiger partial charge in [-0.15, -0.1) is 0 Å². The summed E-state index contributed by atoms with van der Waals surface area (Å²) in [5, 5.41) is 0. The lowest BCUT2D eigenvalue weighted by molar-refractivity contribution is 0.0587. The Morgan fingerprint density at radius 1 is 1.12 bits per heavy atom. The molecule has 1 aromatic carbocycles. The summed E-state index contributed by atoms with van der Waals surface area (Å²) in [5.41, 5.74) is 0.561. The standard InChI is InChI=1S/C18H21N3O4/c1-23-15-9-13(10-16(11-15)24-2)18(22)21-7-4-14(5-8-21)25-17-3-6-19-12-20-17/h3,6,9-12,14H,4-5,7-8H2,1-2H3. The zero-order valence-corrected chi connectivity index (χ0v) is 14.3. The third-order valence-electron chi connectivity index (χ3n) is 4.17. The van der Waals surface area contributed by atoms with E-state index in [1.807, 2.05) is 4.90 Å². The van der Waals surface area contributed by atoms with Crippen LogP contribution in [0.15, 0.2) is 36.8 Å². The van der Waals surface area contributed by atoms with E-state index in [0.717, 1.165) is 12.8 Å². The number of nitrogens with zero attached hydrogens (tertiary/aromatic N) is 3. The number of carbonyl (C=O) groups excluding carboxylic acids is 1. The predicted octanol–water partition coefficient (Wildman–Crippen LogP) is 2.18. The van der Waals surface area contributed by atoms with Gasteiger partial charge in [-0.25, -0.2) is 9.97 Å².